The molecule has 0 spiro atoms. The molecular weight excluding hydrogens is 240 g/mol. The molecule has 0 aromatic carbocycles. The molecule has 6 atom stereocenters. The molecule has 4 N–H and O–H groups in total. The second-order valence-electron chi connectivity index (χ2n) is 6.66. The smallest absolute Gasteiger partial charge is 0.223 e. The summed E-state index contributed by atoms with van der Waals surface area (Å²) in [6.45, 7) is 4.31. The van der Waals surface area contributed by atoms with Crippen LogP contribution >= 0.6 is 0 Å². The lowest BCUT2D eigenvalue weighted by molar-refractivity contribution is -0.130. The Bertz CT molecular complexity index is 321. The van der Waals surface area contributed by atoms with Gasteiger partial charge in [-0.15, -0.1) is 0 Å². The summed E-state index contributed by atoms with van der Waals surface area (Å²) >= 11 is 0. The van der Waals surface area contributed by atoms with Gasteiger partial charge >= 0.3 is 0 Å². The van der Waals surface area contributed by atoms with Crippen molar-refractivity contribution in [1.82, 2.24) is 5.32 Å². The Hall–Kier alpha value is -0.610. The van der Waals surface area contributed by atoms with Gasteiger partial charge in [0.2, 0.25) is 5.91 Å². The third-order valence-electron chi connectivity index (χ3n) is 5.08. The van der Waals surface area contributed by atoms with Crippen LogP contribution in [0, 0.1) is 17.8 Å². The van der Waals surface area contributed by atoms with Crippen molar-refractivity contribution >= 4 is 5.91 Å². The van der Waals surface area contributed by atoms with Crippen LogP contribution in [-0.2, 0) is 4.79 Å². The van der Waals surface area contributed by atoms with E-state index in [0.29, 0.717) is 11.8 Å². The maximum absolute atomic E-state index is 12.4. The fraction of sp³-hybridized carbons (Fsp3) is 0.933. The van der Waals surface area contributed by atoms with Gasteiger partial charge in [0.15, 0.2) is 0 Å². The highest BCUT2D eigenvalue weighted by Crippen LogP contribution is 2.33. The van der Waals surface area contributed by atoms with E-state index in [1.807, 2.05) is 0 Å². The van der Waals surface area contributed by atoms with Crippen LogP contribution in [0.5, 0.6) is 0 Å². The van der Waals surface area contributed by atoms with Gasteiger partial charge in [0.1, 0.15) is 0 Å². The Morgan fingerprint density at radius 2 is 1.84 bits per heavy atom. The zero-order valence-electron chi connectivity index (χ0n) is 12.1. The molecule has 0 aliphatic heterocycles. The summed E-state index contributed by atoms with van der Waals surface area (Å²) in [5, 5.41) is 13.0. The number of amides is 1. The van der Waals surface area contributed by atoms with E-state index in [-0.39, 0.29) is 30.0 Å². The van der Waals surface area contributed by atoms with Crippen molar-refractivity contribution in [2.75, 3.05) is 0 Å². The van der Waals surface area contributed by atoms with Crippen molar-refractivity contribution in [3.8, 4) is 0 Å². The topological polar surface area (TPSA) is 75.3 Å². The van der Waals surface area contributed by atoms with E-state index in [0.717, 1.165) is 38.5 Å². The van der Waals surface area contributed by atoms with E-state index >= 15 is 0 Å². The first-order valence-corrected chi connectivity index (χ1v) is 7.73. The number of nitrogens with one attached hydrogen (secondary N) is 1. The lowest BCUT2D eigenvalue weighted by atomic mass is 9.72. The molecule has 0 aromatic heterocycles. The number of hydrogen-bond acceptors (Lipinski definition) is 3. The Morgan fingerprint density at radius 1 is 1.16 bits per heavy atom. The van der Waals surface area contributed by atoms with Gasteiger partial charge in [-0.1, -0.05) is 26.7 Å². The molecule has 4 nitrogen and oxygen atoms in total. The molecule has 0 aromatic rings. The fourth-order valence-corrected chi connectivity index (χ4v) is 3.62. The average Bonchev–Trinajstić information content (AvgIpc) is 2.36. The summed E-state index contributed by atoms with van der Waals surface area (Å²) in [6.07, 6.45) is 5.29. The lowest BCUT2D eigenvalue weighted by Gasteiger charge is -2.37. The number of hydrogen-bond donors (Lipinski definition) is 3. The van der Waals surface area contributed by atoms with Crippen LogP contribution in [-0.4, -0.2) is 29.2 Å². The van der Waals surface area contributed by atoms with Gasteiger partial charge in [0.05, 0.1) is 12.1 Å². The average molecular weight is 268 g/mol. The SMILES string of the molecule is CC1CC(C)C(C(=O)NC2CCCCC2O)CC1N. The Kier molecular flexibility index (Phi) is 4.85. The van der Waals surface area contributed by atoms with Gasteiger partial charge in [-0.3, -0.25) is 4.79 Å². The number of carbonyl (C=O) groups is 1. The van der Waals surface area contributed by atoms with Crippen LogP contribution in [0.2, 0.25) is 0 Å². The molecule has 4 heteroatoms. The Labute approximate surface area is 116 Å². The number of aliphatic hydroxyl groups excluding tert-OH is 1. The predicted molar refractivity (Wildman–Crippen MR) is 75.4 cm³/mol. The van der Waals surface area contributed by atoms with E-state index < -0.39 is 0 Å². The highest BCUT2D eigenvalue weighted by atomic mass is 16.3. The fourth-order valence-electron chi connectivity index (χ4n) is 3.62. The Balaban J connectivity index is 1.91. The van der Waals surface area contributed by atoms with Crippen molar-refractivity contribution in [2.45, 2.75) is 70.6 Å². The molecular formula is C15H28N2O2. The molecule has 2 fully saturated rings. The zero-order chi connectivity index (χ0) is 14.0. The van der Waals surface area contributed by atoms with Crippen LogP contribution < -0.4 is 11.1 Å². The van der Waals surface area contributed by atoms with Crippen molar-refractivity contribution < 1.29 is 9.90 Å². The van der Waals surface area contributed by atoms with E-state index in [2.05, 4.69) is 19.2 Å². The lowest BCUT2D eigenvalue weighted by Crippen LogP contribution is -2.51. The monoisotopic (exact) mass is 268 g/mol. The number of carbonyl (C=O) groups excluding carboxylic acids is 1. The molecule has 0 heterocycles. The van der Waals surface area contributed by atoms with Crippen molar-refractivity contribution in [3.05, 3.63) is 0 Å². The number of rotatable bonds is 2. The minimum Gasteiger partial charge on any atom is -0.391 e. The number of aliphatic hydroxyl groups is 1. The van der Waals surface area contributed by atoms with E-state index in [4.69, 9.17) is 5.73 Å². The minimum atomic E-state index is -0.371. The quantitative estimate of drug-likeness (QED) is 0.709. The van der Waals surface area contributed by atoms with Crippen molar-refractivity contribution in [1.29, 1.82) is 0 Å². The highest BCUT2D eigenvalue weighted by Gasteiger charge is 2.36. The molecule has 0 radical (unpaired) electrons. The molecule has 2 rings (SSSR count). The van der Waals surface area contributed by atoms with Crippen LogP contribution in [0.25, 0.3) is 0 Å². The molecule has 1 amide bonds. The Morgan fingerprint density at radius 3 is 2.53 bits per heavy atom. The van der Waals surface area contributed by atoms with Gasteiger partial charge in [0.25, 0.3) is 0 Å². The molecule has 0 saturated heterocycles. The van der Waals surface area contributed by atoms with E-state index in [1.165, 1.54) is 0 Å². The summed E-state index contributed by atoms with van der Waals surface area (Å²) in [5.74, 6) is 0.996. The third-order valence-corrected chi connectivity index (χ3v) is 5.08. The first-order chi connectivity index (χ1) is 8.99. The predicted octanol–water partition coefficient (Wildman–Crippen LogP) is 1.42. The van der Waals surface area contributed by atoms with Crippen molar-refractivity contribution in [3.63, 3.8) is 0 Å². The molecule has 0 bridgehead atoms. The van der Waals surface area contributed by atoms with Gasteiger partial charge < -0.3 is 16.2 Å². The van der Waals surface area contributed by atoms with Gasteiger partial charge in [0, 0.05) is 12.0 Å². The molecule has 2 aliphatic carbocycles. The van der Waals surface area contributed by atoms with E-state index in [9.17, 15) is 9.90 Å². The summed E-state index contributed by atoms with van der Waals surface area (Å²) in [4.78, 5) is 12.4. The van der Waals surface area contributed by atoms with Crippen LogP contribution in [0.4, 0.5) is 0 Å². The summed E-state index contributed by atoms with van der Waals surface area (Å²) in [5.41, 5.74) is 6.10. The minimum absolute atomic E-state index is 0.0142. The molecule has 110 valence electrons. The van der Waals surface area contributed by atoms with Crippen LogP contribution in [0.3, 0.4) is 0 Å². The van der Waals surface area contributed by atoms with Crippen LogP contribution in [0.15, 0.2) is 0 Å². The summed E-state index contributed by atoms with van der Waals surface area (Å²) < 4.78 is 0. The summed E-state index contributed by atoms with van der Waals surface area (Å²) in [7, 11) is 0. The largest absolute Gasteiger partial charge is 0.391 e. The third kappa shape index (κ3) is 3.48. The second-order valence-corrected chi connectivity index (χ2v) is 6.66. The van der Waals surface area contributed by atoms with Gasteiger partial charge in [-0.05, 0) is 37.5 Å². The van der Waals surface area contributed by atoms with Gasteiger partial charge in [-0.25, -0.2) is 0 Å². The van der Waals surface area contributed by atoms with Crippen molar-refractivity contribution in [2.24, 2.45) is 23.5 Å². The van der Waals surface area contributed by atoms with Crippen LogP contribution in [0.1, 0.15) is 52.4 Å². The van der Waals surface area contributed by atoms with E-state index in [1.54, 1.807) is 0 Å². The molecule has 2 saturated carbocycles. The normalized spacial score (nSPS) is 43.8. The van der Waals surface area contributed by atoms with Gasteiger partial charge in [-0.2, -0.15) is 0 Å². The highest BCUT2D eigenvalue weighted by molar-refractivity contribution is 5.79. The first kappa shape index (κ1) is 14.8. The molecule has 2 aliphatic rings. The standard InChI is InChI=1S/C15H28N2O2/c1-9-7-10(2)12(16)8-11(9)15(19)17-13-5-3-4-6-14(13)18/h9-14,18H,3-8,16H2,1-2H3,(H,17,19). The zero-order valence-corrected chi connectivity index (χ0v) is 12.1. The summed E-state index contributed by atoms with van der Waals surface area (Å²) in [6, 6.07) is 0.0762. The molecule has 19 heavy (non-hydrogen) atoms. The second kappa shape index (κ2) is 6.23. The maximum Gasteiger partial charge on any atom is 0.223 e. The maximum atomic E-state index is 12.4. The molecule has 6 unspecified atom stereocenters. The first-order valence-electron chi connectivity index (χ1n) is 7.73. The number of nitrogens with two attached hydrogens (primary N) is 1.